The van der Waals surface area contributed by atoms with Gasteiger partial charge in [0, 0.05) is 24.1 Å². The fourth-order valence-corrected chi connectivity index (χ4v) is 17.3. The van der Waals surface area contributed by atoms with Gasteiger partial charge >= 0.3 is 72.0 Å². The van der Waals surface area contributed by atoms with Gasteiger partial charge in [-0.2, -0.15) is 19.2 Å². The maximum absolute atomic E-state index is 11.5. The first-order valence-electron chi connectivity index (χ1n) is 47.4. The molecule has 1 saturated carbocycles. The Morgan fingerprint density at radius 3 is 0.743 bits per heavy atom. The Morgan fingerprint density at radius 1 is 0.324 bits per heavy atom. The maximum Gasteiger partial charge on any atom is 0.373 e. The van der Waals surface area contributed by atoms with E-state index >= 15 is 0 Å². The van der Waals surface area contributed by atoms with E-state index in [1.165, 1.54) is 79.0 Å². The summed E-state index contributed by atoms with van der Waals surface area (Å²) < 4.78 is 94.7. The Labute approximate surface area is 850 Å². The molecule has 148 heavy (non-hydrogen) atoms. The van der Waals surface area contributed by atoms with Crippen LogP contribution in [0.25, 0.3) is 0 Å². The molecule has 0 spiro atoms. The highest BCUT2D eigenvalue weighted by molar-refractivity contribution is 6.00. The van der Waals surface area contributed by atoms with E-state index < -0.39 is 164 Å². The number of cyclic esters (lactones) is 8. The minimum atomic E-state index is -1.12. The van der Waals surface area contributed by atoms with Gasteiger partial charge in [-0.25, -0.2) is 47.9 Å². The first kappa shape index (κ1) is 121. The van der Waals surface area contributed by atoms with Crippen molar-refractivity contribution in [3.63, 3.8) is 0 Å². The molecule has 1 aliphatic carbocycles. The van der Waals surface area contributed by atoms with E-state index in [-0.39, 0.29) is 153 Å². The summed E-state index contributed by atoms with van der Waals surface area (Å²) in [6, 6.07) is 0. The molecule has 0 bridgehead atoms. The van der Waals surface area contributed by atoms with Crippen LogP contribution >= 0.6 is 0 Å². The Morgan fingerprint density at radius 2 is 0.527 bits per heavy atom. The number of hydrogen-bond acceptors (Lipinski definition) is 44. The highest BCUT2D eigenvalue weighted by Crippen LogP contribution is 2.41. The van der Waals surface area contributed by atoms with Gasteiger partial charge in [0.15, 0.2) is 5.78 Å². The molecular weight excluding hydrogens is 1960 g/mol. The monoisotopic (exact) mass is 2080 g/mol. The molecule has 9 fully saturated rings. The number of fused-ring (bicyclic) bond motifs is 9. The van der Waals surface area contributed by atoms with Crippen LogP contribution in [0.15, 0.2) is 215 Å². The largest absolute Gasteiger partial charge is 0.478 e. The molecule has 18 aliphatic rings. The highest BCUT2D eigenvalue weighted by atomic mass is 16.6. The molecule has 0 aromatic heterocycles. The minimum Gasteiger partial charge on any atom is -0.478 e. The molecule has 36 atom stereocenters. The normalized spacial score (nSPS) is 37.1. The standard InChI is InChI=1S/C13H16O6.C12H16O4.C11H12O6.2C11H14O5.2C11H14O4.C11H14O3.C10H12O4.2CO2/c1-3-17-11(15)5-4-10-9(14)6-8-12(19-10)7(2)18-13(8)16;1-3-4-5-10-9(13)6-8-11(16-10)7(2)15-12(8)14;1-5-10-6(11(15)16-5)4-7(12)8(17-10)2-3-9(13)14;2*1-6-10-7(11(14)15-6)5-8(13)9(16-10)3-2-4-12;2*1-3-4-9-8(12)5-7-10(15-9)6(2)14-11(7)13;1-3-10-9(13)5-7-8(12)4-6(2)11(7)14-10;1-3-8-7(11)4-6-9(14-8)5(2)13-10(6)12;2*2-1-3/h4-7,9-10,12,14H,3H2,1-2H3;4-7,9-11,13H,3H2,1-2H3;2-5,7-8,10,12H,1H3,(H,13,14);2*2-3,5-6,8-10,12-13H,4H2,1H3;2*3-6,8-10,12H,1-2H3;3,5-6,9-11,13H,1,4H2,2H3;3-5,7-9,11H,1H2,2H3;;/b5-4-;5-4+;3-2-;3-2+;3-2-;4-3+;4-3-;;;;/t7-,9+,10+,12+;7-,9+,10+,11+;5-,7+,8+,10+;2*6-,8+,9+,10+;6-,8-,9-,10-;6-,8+,9+,10+;6-,9-,10-,11-;5-,7+,8+,9+;;/m000001010../s1. The number of ketones is 1. The number of esters is 9. The predicted molar refractivity (Wildman–Crippen MR) is 502 cm³/mol. The number of aliphatic hydroxyl groups excluding tert-OH is 11. The van der Waals surface area contributed by atoms with Crippen LogP contribution in [-0.4, -0.2) is 373 Å². The van der Waals surface area contributed by atoms with Crippen LogP contribution in [0, 0.1) is 5.92 Å². The fourth-order valence-electron chi connectivity index (χ4n) is 17.3. The van der Waals surface area contributed by atoms with Gasteiger partial charge in [0.2, 0.25) is 0 Å². The van der Waals surface area contributed by atoms with E-state index in [4.69, 9.17) is 120 Å². The Bertz CT molecular complexity index is 5040. The van der Waals surface area contributed by atoms with Crippen molar-refractivity contribution < 1.29 is 218 Å². The summed E-state index contributed by atoms with van der Waals surface area (Å²) in [4.78, 5) is 156. The van der Waals surface area contributed by atoms with E-state index in [1.807, 2.05) is 52.0 Å². The number of rotatable bonds is 15. The summed E-state index contributed by atoms with van der Waals surface area (Å²) in [5.74, 6) is -4.68. The molecule has 0 aromatic carbocycles. The van der Waals surface area contributed by atoms with Crippen LogP contribution in [0.1, 0.15) is 103 Å². The number of carbonyl (C=O) groups excluding carboxylic acids is 14. The molecular formula is C103H126O45. The van der Waals surface area contributed by atoms with Crippen LogP contribution in [0.5, 0.6) is 0 Å². The van der Waals surface area contributed by atoms with Crippen molar-refractivity contribution in [2.45, 2.75) is 316 Å². The first-order chi connectivity index (χ1) is 70.3. The van der Waals surface area contributed by atoms with Crippen molar-refractivity contribution in [1.29, 1.82) is 0 Å². The third kappa shape index (κ3) is 31.2. The molecule has 8 saturated heterocycles. The van der Waals surface area contributed by atoms with Gasteiger partial charge in [0.25, 0.3) is 0 Å². The summed E-state index contributed by atoms with van der Waals surface area (Å²) in [6.07, 6.45) is 22.0. The Balaban J connectivity index is 0.000000202. The number of carbonyl (C=O) groups is 11. The number of carboxylic acid groups (broad SMARTS) is 1. The van der Waals surface area contributed by atoms with Gasteiger partial charge in [0.05, 0.1) is 70.5 Å². The van der Waals surface area contributed by atoms with Crippen LogP contribution in [0.3, 0.4) is 0 Å². The van der Waals surface area contributed by atoms with Crippen LogP contribution in [0.2, 0.25) is 0 Å². The number of carboxylic acids is 1. The average Bonchev–Trinajstić information content (AvgIpc) is 1.67. The molecule has 12 N–H and O–H groups in total. The van der Waals surface area contributed by atoms with Gasteiger partial charge in [0.1, 0.15) is 208 Å². The van der Waals surface area contributed by atoms with Crippen molar-refractivity contribution in [3.8, 4) is 0 Å². The second kappa shape index (κ2) is 56.9. The van der Waals surface area contributed by atoms with Crippen molar-refractivity contribution in [2.24, 2.45) is 5.92 Å². The average molecular weight is 2080 g/mol. The summed E-state index contributed by atoms with van der Waals surface area (Å²) in [7, 11) is 0. The van der Waals surface area contributed by atoms with Crippen molar-refractivity contribution in [2.75, 3.05) is 19.8 Å². The lowest BCUT2D eigenvalue weighted by Gasteiger charge is -2.29. The maximum atomic E-state index is 11.5. The predicted octanol–water partition coefficient (Wildman–Crippen LogP) is 0.722. The van der Waals surface area contributed by atoms with Crippen LogP contribution < -0.4 is 0 Å². The Hall–Kier alpha value is -12.3. The number of Topliss-reactive ketones (excluding diaryl/α,β-unsaturated/α-hetero) is 1. The Kier molecular flexibility index (Phi) is 46.4. The van der Waals surface area contributed by atoms with E-state index in [1.54, 1.807) is 105 Å². The smallest absolute Gasteiger partial charge is 0.373 e. The summed E-state index contributed by atoms with van der Waals surface area (Å²) in [5, 5.41) is 113. The summed E-state index contributed by atoms with van der Waals surface area (Å²) in [5.41, 5.74) is 3.78. The van der Waals surface area contributed by atoms with Crippen molar-refractivity contribution in [3.05, 3.63) is 215 Å². The lowest BCUT2D eigenvalue weighted by molar-refractivity contribution is -0.193. The molecule has 45 nitrogen and oxygen atoms in total. The van der Waals surface area contributed by atoms with Gasteiger partial charge < -0.3 is 147 Å². The fraction of sp³-hybridized carbons (Fsp3) is 0.524. The molecule has 0 amide bonds. The SMILES string of the molecule is C/C=C/[C@H]1O[C@H]2C(=C[C@H]1O)C(=O)O[C@@H]2C.C/C=C\[C@H]1O[C@H]2C(=C[C@H]1O)C(=O)O[C@H]2C.C=C[C@H]1O[C@H]2C(=C[C@H]1O)C(=O)C[C@H]2C.C=C[C@H]1O[C@H]2C(=C[C@H]1O)C(=O)O[C@H]2C.CC/C=C/[C@H]1O[C@H]2C(=C[C@H]1O)C(=O)O[C@H]2C.CCOC(=O)/C=C\[C@H]1O[C@H]2C(=C[C@H]1O)C(=O)O[C@H]2C.C[C@@H]1OC(=O)C2=C[C@@H](O)[C@@H](/C=C/CO)O[C@@H]21.C[C@@H]1OC(=O)C2=C[C@@H](O)[C@@H](/C=C\C(=O)O)O[C@@H]21.C[C@@H]1OC(=O)C2=C[C@@H](O)[C@@H](/C=C\CO)O[C@@H]21.O=C=O.O=C=O. The number of aliphatic carboxylic acids is 1. The van der Waals surface area contributed by atoms with E-state index in [9.17, 15) is 98.7 Å². The number of hydrogen-bond donors (Lipinski definition) is 12. The quantitative estimate of drug-likeness (QED) is 0.0465. The zero-order chi connectivity index (χ0) is 110. The van der Waals surface area contributed by atoms with Crippen molar-refractivity contribution in [1.82, 2.24) is 0 Å². The first-order valence-corrected chi connectivity index (χ1v) is 47.4. The third-order valence-corrected chi connectivity index (χ3v) is 24.5. The number of allylic oxidation sites excluding steroid dienone is 3. The zero-order valence-corrected chi connectivity index (χ0v) is 83.0. The zero-order valence-electron chi connectivity index (χ0n) is 83.0. The molecule has 45 heteroatoms. The van der Waals surface area contributed by atoms with E-state index in [2.05, 4.69) is 13.2 Å². The minimum absolute atomic E-state index is 0.101. The second-order valence-corrected chi connectivity index (χ2v) is 35.2. The molecule has 0 aromatic rings. The molecule has 18 rings (SSSR count). The molecule has 0 radical (unpaired) electrons. The summed E-state index contributed by atoms with van der Waals surface area (Å²) in [6.45, 7) is 30.6. The van der Waals surface area contributed by atoms with Gasteiger partial charge in [-0.05, 0) is 155 Å². The van der Waals surface area contributed by atoms with Gasteiger partial charge in [-0.1, -0.05) is 86.8 Å². The van der Waals surface area contributed by atoms with Crippen LogP contribution in [-0.2, 0) is 157 Å². The summed E-state index contributed by atoms with van der Waals surface area (Å²) >= 11 is 0. The van der Waals surface area contributed by atoms with Gasteiger partial charge in [-0.3, -0.25) is 4.79 Å². The molecule has 17 heterocycles. The molecule has 0 unspecified atom stereocenters. The van der Waals surface area contributed by atoms with Gasteiger partial charge in [-0.15, -0.1) is 13.2 Å². The van der Waals surface area contributed by atoms with Crippen LogP contribution in [0.4, 0.5) is 0 Å². The van der Waals surface area contributed by atoms with Crippen molar-refractivity contribution >= 4 is 77.8 Å². The second-order valence-electron chi connectivity index (χ2n) is 35.2. The lowest BCUT2D eigenvalue weighted by Crippen LogP contribution is -2.39. The molecule has 808 valence electrons. The lowest BCUT2D eigenvalue weighted by atomic mass is 9.99. The number of aliphatic hydroxyl groups is 11. The third-order valence-electron chi connectivity index (χ3n) is 24.5. The van der Waals surface area contributed by atoms with E-state index in [0.29, 0.717) is 56.6 Å². The van der Waals surface area contributed by atoms with E-state index in [0.717, 1.165) is 12.5 Å². The molecule has 17 aliphatic heterocycles. The highest BCUT2D eigenvalue weighted by Gasteiger charge is 2.52. The number of ether oxygens (including phenoxy) is 18. The topological polar surface area (TPSA) is 665 Å².